The summed E-state index contributed by atoms with van der Waals surface area (Å²) in [6.07, 6.45) is 2.75. The summed E-state index contributed by atoms with van der Waals surface area (Å²) >= 11 is 6.67. The Morgan fingerprint density at radius 2 is 1.89 bits per heavy atom. The molecule has 1 fully saturated rings. The molecular formula is C24H31ClN6O3S. The predicted molar refractivity (Wildman–Crippen MR) is 138 cm³/mol. The molecule has 35 heavy (non-hydrogen) atoms. The largest absolute Gasteiger partial charge is 0.419 e. The number of rotatable bonds is 9. The second-order valence-corrected chi connectivity index (χ2v) is 12.1. The van der Waals surface area contributed by atoms with Crippen molar-refractivity contribution in [2.24, 2.45) is 17.6 Å². The molecule has 188 valence electrons. The van der Waals surface area contributed by atoms with Gasteiger partial charge < -0.3 is 15.1 Å². The highest BCUT2D eigenvalue weighted by Crippen LogP contribution is 2.41. The third-order valence-corrected chi connectivity index (χ3v) is 8.00. The molecule has 2 N–H and O–H groups in total. The first-order valence-corrected chi connectivity index (χ1v) is 13.6. The van der Waals surface area contributed by atoms with Crippen molar-refractivity contribution >= 4 is 33.3 Å². The number of hydrogen-bond donors (Lipinski definition) is 1. The van der Waals surface area contributed by atoms with E-state index in [1.807, 2.05) is 49.2 Å². The zero-order valence-electron chi connectivity index (χ0n) is 20.6. The zero-order valence-corrected chi connectivity index (χ0v) is 22.1. The zero-order chi connectivity index (χ0) is 25.5. The molecule has 0 bridgehead atoms. The van der Waals surface area contributed by atoms with Crippen molar-refractivity contribution in [2.45, 2.75) is 32.2 Å². The van der Waals surface area contributed by atoms with Crippen molar-refractivity contribution in [2.75, 3.05) is 36.1 Å². The molecule has 2 aromatic heterocycles. The normalized spacial score (nSPS) is 19.3. The van der Waals surface area contributed by atoms with Crippen LogP contribution in [0.4, 0.5) is 11.6 Å². The van der Waals surface area contributed by atoms with Gasteiger partial charge in [-0.1, -0.05) is 48.9 Å². The lowest BCUT2D eigenvalue weighted by Crippen LogP contribution is -2.35. The van der Waals surface area contributed by atoms with Crippen molar-refractivity contribution in [1.82, 2.24) is 15.2 Å². The van der Waals surface area contributed by atoms with Crippen LogP contribution in [0.1, 0.15) is 31.7 Å². The molecule has 9 nitrogen and oxygen atoms in total. The highest BCUT2D eigenvalue weighted by Gasteiger charge is 2.34. The summed E-state index contributed by atoms with van der Waals surface area (Å²) in [5.74, 6) is 2.29. The van der Waals surface area contributed by atoms with E-state index in [1.54, 1.807) is 6.07 Å². The average Bonchev–Trinajstić information content (AvgIpc) is 3.25. The molecule has 1 aliphatic carbocycles. The molecule has 0 radical (unpaired) electrons. The van der Waals surface area contributed by atoms with E-state index in [4.69, 9.17) is 21.8 Å². The monoisotopic (exact) mass is 518 g/mol. The minimum atomic E-state index is -3.61. The summed E-state index contributed by atoms with van der Waals surface area (Å²) in [5.41, 5.74) is 7.07. The van der Waals surface area contributed by atoms with Gasteiger partial charge in [-0.25, -0.2) is 13.4 Å². The van der Waals surface area contributed by atoms with Crippen molar-refractivity contribution in [3.05, 3.63) is 52.9 Å². The number of halogens is 1. The topological polar surface area (TPSA) is 118 Å². The maximum absolute atomic E-state index is 12.3. The van der Waals surface area contributed by atoms with Gasteiger partial charge in [0.2, 0.25) is 21.8 Å². The van der Waals surface area contributed by atoms with Gasteiger partial charge in [0.1, 0.15) is 5.82 Å². The summed E-state index contributed by atoms with van der Waals surface area (Å²) in [6, 6.07) is 11.5. The minimum Gasteiger partial charge on any atom is -0.419 e. The first kappa shape index (κ1) is 25.4. The maximum atomic E-state index is 12.3. The highest BCUT2D eigenvalue weighted by molar-refractivity contribution is 7.92. The molecule has 3 aromatic rings. The third kappa shape index (κ3) is 5.60. The van der Waals surface area contributed by atoms with Crippen LogP contribution in [-0.4, -0.2) is 50.5 Å². The number of nitrogens with zero attached hydrogens (tertiary/aromatic N) is 5. The molecule has 4 rings (SSSR count). The van der Waals surface area contributed by atoms with Crippen molar-refractivity contribution in [3.63, 3.8) is 0 Å². The van der Waals surface area contributed by atoms with Gasteiger partial charge in [-0.2, -0.15) is 0 Å². The molecule has 0 spiro atoms. The molecular weight excluding hydrogens is 488 g/mol. The summed E-state index contributed by atoms with van der Waals surface area (Å²) in [5, 5.41) is 8.51. The minimum absolute atomic E-state index is 0.0944. The lowest BCUT2D eigenvalue weighted by atomic mass is 9.94. The van der Waals surface area contributed by atoms with Crippen molar-refractivity contribution in [1.29, 1.82) is 0 Å². The Balaban J connectivity index is 1.73. The Labute approximate surface area is 211 Å². The SMILES string of the molecule is CC1CC1CN(C)c1cc(-c2nnc(C(C)(N)Cc3ccccc3)o2)c(Cl)c(N(C)S(C)(=O)=O)n1. The Morgan fingerprint density at radius 3 is 2.49 bits per heavy atom. The Kier molecular flexibility index (Phi) is 6.82. The van der Waals surface area contributed by atoms with Crippen molar-refractivity contribution < 1.29 is 12.8 Å². The van der Waals surface area contributed by atoms with E-state index >= 15 is 0 Å². The number of pyridine rings is 1. The van der Waals surface area contributed by atoms with Crippen LogP contribution in [0.15, 0.2) is 40.8 Å². The van der Waals surface area contributed by atoms with E-state index in [2.05, 4.69) is 22.1 Å². The first-order chi connectivity index (χ1) is 16.4. The van der Waals surface area contributed by atoms with E-state index in [0.717, 1.165) is 29.1 Å². The Hall–Kier alpha value is -2.69. The quantitative estimate of drug-likeness (QED) is 0.455. The number of sulfonamides is 1. The first-order valence-electron chi connectivity index (χ1n) is 11.4. The van der Waals surface area contributed by atoms with Crippen LogP contribution in [0, 0.1) is 11.8 Å². The second-order valence-electron chi connectivity index (χ2n) is 9.74. The van der Waals surface area contributed by atoms with Gasteiger partial charge in [-0.3, -0.25) is 4.31 Å². The van der Waals surface area contributed by atoms with Crippen molar-refractivity contribution in [3.8, 4) is 11.5 Å². The number of anilines is 2. The molecule has 0 aliphatic heterocycles. The van der Waals surface area contributed by atoms with Gasteiger partial charge in [-0.15, -0.1) is 10.2 Å². The molecule has 1 saturated carbocycles. The van der Waals surface area contributed by atoms with E-state index in [0.29, 0.717) is 29.6 Å². The van der Waals surface area contributed by atoms with Crippen LogP contribution in [-0.2, 0) is 22.0 Å². The Bertz CT molecular complexity index is 1310. The Morgan fingerprint density at radius 1 is 1.23 bits per heavy atom. The van der Waals surface area contributed by atoms with Gasteiger partial charge >= 0.3 is 0 Å². The second kappa shape index (κ2) is 9.40. The number of hydrogen-bond acceptors (Lipinski definition) is 8. The fourth-order valence-electron chi connectivity index (χ4n) is 3.98. The van der Waals surface area contributed by atoms with E-state index in [9.17, 15) is 8.42 Å². The molecule has 0 amide bonds. The molecule has 11 heteroatoms. The standard InChI is InChI=1S/C24H31ClN6O3S/c1-15-11-17(15)14-30(3)19-12-18(20(25)21(27-19)31(4)35(5,32)33)22-28-29-23(34-22)24(2,26)13-16-9-7-6-8-10-16/h6-10,12,15,17H,11,13-14,26H2,1-5H3. The highest BCUT2D eigenvalue weighted by atomic mass is 35.5. The summed E-state index contributed by atoms with van der Waals surface area (Å²) < 4.78 is 31.7. The lowest BCUT2D eigenvalue weighted by molar-refractivity contribution is 0.355. The maximum Gasteiger partial charge on any atom is 0.249 e. The van der Waals surface area contributed by atoms with Crippen LogP contribution in [0.25, 0.3) is 11.5 Å². The molecule has 3 atom stereocenters. The smallest absolute Gasteiger partial charge is 0.249 e. The van der Waals surface area contributed by atoms with Gasteiger partial charge in [0.15, 0.2) is 5.82 Å². The van der Waals surface area contributed by atoms with E-state index in [1.165, 1.54) is 7.05 Å². The summed E-state index contributed by atoms with van der Waals surface area (Å²) in [7, 11) is -0.276. The third-order valence-electron chi connectivity index (χ3n) is 6.46. The van der Waals surface area contributed by atoms with Gasteiger partial charge in [0, 0.05) is 20.6 Å². The fourth-order valence-corrected chi connectivity index (χ4v) is 4.78. The fraction of sp³-hybridized carbons (Fsp3) is 0.458. The van der Waals surface area contributed by atoms with Gasteiger partial charge in [0.05, 0.1) is 22.4 Å². The summed E-state index contributed by atoms with van der Waals surface area (Å²) in [6.45, 7) is 4.83. The van der Waals surface area contributed by atoms with Gasteiger partial charge in [-0.05, 0) is 43.2 Å². The molecule has 1 aliphatic rings. The average molecular weight is 519 g/mol. The van der Waals surface area contributed by atoms with Crippen LogP contribution < -0.4 is 14.9 Å². The van der Waals surface area contributed by atoms with Gasteiger partial charge in [0.25, 0.3) is 0 Å². The molecule has 3 unspecified atom stereocenters. The number of aromatic nitrogens is 3. The van der Waals surface area contributed by atoms with Crippen LogP contribution in [0.2, 0.25) is 5.02 Å². The molecule has 0 saturated heterocycles. The molecule has 2 heterocycles. The predicted octanol–water partition coefficient (Wildman–Crippen LogP) is 3.69. The van der Waals surface area contributed by atoms with Crippen LogP contribution in [0.5, 0.6) is 0 Å². The van der Waals surface area contributed by atoms with E-state index in [-0.39, 0.29) is 22.6 Å². The summed E-state index contributed by atoms with van der Waals surface area (Å²) in [4.78, 5) is 6.56. The number of nitrogens with two attached hydrogens (primary N) is 1. The number of benzene rings is 1. The van der Waals surface area contributed by atoms with Crippen LogP contribution >= 0.6 is 11.6 Å². The van der Waals surface area contributed by atoms with Crippen LogP contribution in [0.3, 0.4) is 0 Å². The molecule has 1 aromatic carbocycles. The lowest BCUT2D eigenvalue weighted by Gasteiger charge is -2.23. The van der Waals surface area contributed by atoms with E-state index < -0.39 is 15.6 Å².